The van der Waals surface area contributed by atoms with Gasteiger partial charge in [-0.3, -0.25) is 0 Å². The van der Waals surface area contributed by atoms with E-state index < -0.39 is 0 Å². The van der Waals surface area contributed by atoms with Gasteiger partial charge in [0.2, 0.25) is 0 Å². The zero-order valence-corrected chi connectivity index (χ0v) is 36.7. The topological polar surface area (TPSA) is 12.0 Å². The minimum atomic E-state index is 0.775. The van der Waals surface area contributed by atoms with E-state index in [9.17, 15) is 0 Å². The van der Waals surface area contributed by atoms with Crippen LogP contribution in [0.2, 0.25) is 0 Å². The first-order valence-electron chi connectivity index (χ1n) is 21.4. The van der Waals surface area contributed by atoms with Crippen molar-refractivity contribution in [1.82, 2.24) is 0 Å². The molecule has 5 aromatic rings. The molecule has 0 aromatic heterocycles. The third-order valence-corrected chi connectivity index (χ3v) is 11.1. The van der Waals surface area contributed by atoms with Gasteiger partial charge in [0.25, 0.3) is 0 Å². The Hall–Kier alpha value is -7.40. The maximum absolute atomic E-state index is 5.64. The van der Waals surface area contributed by atoms with Crippen LogP contribution in [0, 0.1) is 26.2 Å². The van der Waals surface area contributed by atoms with Gasteiger partial charge in [0.05, 0.1) is 0 Å². The molecule has 0 spiro atoms. The van der Waals surface area contributed by atoms with Crippen molar-refractivity contribution in [2.24, 2.45) is 0 Å². The third kappa shape index (κ3) is 11.2. The largest absolute Gasteiger partial charge is 0.361 e. The summed E-state index contributed by atoms with van der Waals surface area (Å²) in [6, 6.07) is 38.2. The minimum Gasteiger partial charge on any atom is -0.361 e. The smallest absolute Gasteiger partial charge is 0.0460 e. The summed E-state index contributed by atoms with van der Waals surface area (Å²) in [5.74, 6) is 2.72. The van der Waals surface area contributed by atoms with Gasteiger partial charge in [-0.25, -0.2) is 0 Å². The first-order chi connectivity index (χ1) is 30.3. The standard InChI is InChI=1S/C54H49N.C7H8/c1-7-11-22-43(9-3)49-29-18-27-47-26-17-25-44(45-33-30-41(8-2)31-34-45)36-37-55-52-35-32-42(38-51(52)54(47)49)21-15-19-39(5)48(10-4)53-40(6)20-16-28-50(53)46-23-13-12-14-24-46;1-7-5-3-2-4-6-7/h2,7,9-13,15-20,22-23,25-38,55H,3-4,14,21,24H2,1,5-6H3;2-6H,1H3/b11-7-,19-15-,26-17-,37-36+,43-22+,44-25+,48-39+;. The number of benzene rings is 5. The molecule has 1 nitrogen and oxygen atoms in total. The number of hydrogen-bond acceptors (Lipinski definition) is 1. The van der Waals surface area contributed by atoms with Crippen LogP contribution in [0.15, 0.2) is 213 Å². The maximum Gasteiger partial charge on any atom is 0.0460 e. The molecule has 1 aliphatic carbocycles. The van der Waals surface area contributed by atoms with Gasteiger partial charge in [-0.2, -0.15) is 0 Å². The Balaban J connectivity index is 0.000000833. The van der Waals surface area contributed by atoms with Gasteiger partial charge in [0.15, 0.2) is 0 Å². The molecule has 5 aromatic carbocycles. The number of allylic oxidation sites excluding steroid dienone is 18. The number of hydrogen-bond donors (Lipinski definition) is 1. The minimum absolute atomic E-state index is 0.775. The monoisotopic (exact) mass is 803 g/mol. The zero-order valence-electron chi connectivity index (χ0n) is 36.7. The van der Waals surface area contributed by atoms with Crippen molar-refractivity contribution in [2.75, 3.05) is 5.32 Å². The van der Waals surface area contributed by atoms with E-state index in [4.69, 9.17) is 6.42 Å². The Kier molecular flexibility index (Phi) is 15.9. The molecule has 0 atom stereocenters. The van der Waals surface area contributed by atoms with E-state index >= 15 is 0 Å². The summed E-state index contributed by atoms with van der Waals surface area (Å²) < 4.78 is 0. The SMILES string of the molecule is C#Cc1ccc(C2=C/C=C\c3cccc(/C(C=C)=C/C=C\C)c3-c3cc(C/C=C\C(C)=C(/C=C)c4c(C)cccc4C4=CC=CCC4)ccc3N\C=C\2)cc1.Cc1ccccc1. The molecule has 0 saturated heterocycles. The lowest BCUT2D eigenvalue weighted by atomic mass is 9.86. The predicted molar refractivity (Wildman–Crippen MR) is 273 cm³/mol. The van der Waals surface area contributed by atoms with E-state index in [1.54, 1.807) is 0 Å². The normalized spacial score (nSPS) is 15.8. The zero-order chi connectivity index (χ0) is 43.7. The van der Waals surface area contributed by atoms with Gasteiger partial charge in [-0.15, -0.1) is 6.42 Å². The lowest BCUT2D eigenvalue weighted by molar-refractivity contribution is 1.05. The van der Waals surface area contributed by atoms with E-state index in [2.05, 4.69) is 191 Å². The van der Waals surface area contributed by atoms with Crippen molar-refractivity contribution < 1.29 is 0 Å². The number of fused-ring (bicyclic) bond motifs is 3. The molecule has 2 aliphatic rings. The summed E-state index contributed by atoms with van der Waals surface area (Å²) >= 11 is 0. The van der Waals surface area contributed by atoms with Gasteiger partial charge < -0.3 is 5.32 Å². The Morgan fingerprint density at radius 2 is 1.63 bits per heavy atom. The Labute approximate surface area is 371 Å². The fraction of sp³-hybridized carbons (Fsp3) is 0.115. The summed E-state index contributed by atoms with van der Waals surface area (Å²) in [4.78, 5) is 0. The number of aryl methyl sites for hydroxylation is 2. The van der Waals surface area contributed by atoms with Gasteiger partial charge in [0.1, 0.15) is 0 Å². The number of anilines is 1. The highest BCUT2D eigenvalue weighted by molar-refractivity contribution is 5.95. The van der Waals surface area contributed by atoms with E-state index in [0.717, 1.165) is 69.5 Å². The van der Waals surface area contributed by atoms with Crippen LogP contribution in [0.5, 0.6) is 0 Å². The van der Waals surface area contributed by atoms with E-state index in [0.29, 0.717) is 0 Å². The average Bonchev–Trinajstić information content (AvgIpc) is 3.34. The van der Waals surface area contributed by atoms with Crippen LogP contribution in [-0.4, -0.2) is 0 Å². The van der Waals surface area contributed by atoms with Crippen LogP contribution >= 0.6 is 0 Å². The van der Waals surface area contributed by atoms with E-state index in [-0.39, 0.29) is 0 Å². The lowest BCUT2D eigenvalue weighted by Gasteiger charge is -2.19. The number of nitrogens with one attached hydrogen (secondary N) is 1. The van der Waals surface area contributed by atoms with Gasteiger partial charge >= 0.3 is 0 Å². The van der Waals surface area contributed by atoms with Crippen LogP contribution in [0.25, 0.3) is 39.5 Å². The molecule has 0 amide bonds. The fourth-order valence-corrected chi connectivity index (χ4v) is 7.83. The Bertz CT molecular complexity index is 2720. The molecule has 0 unspecified atom stereocenters. The molecule has 0 bridgehead atoms. The van der Waals surface area contributed by atoms with Gasteiger partial charge in [-0.1, -0.05) is 189 Å². The predicted octanol–water partition coefficient (Wildman–Crippen LogP) is 16.3. The van der Waals surface area contributed by atoms with Crippen LogP contribution in [0.3, 0.4) is 0 Å². The summed E-state index contributed by atoms with van der Waals surface area (Å²) in [6.45, 7) is 17.0. The molecular formula is C61H57N. The number of terminal acetylenes is 1. The molecule has 0 fully saturated rings. The second-order valence-corrected chi connectivity index (χ2v) is 15.4. The molecule has 0 radical (unpaired) electrons. The molecule has 1 aliphatic heterocycles. The Morgan fingerprint density at radius 3 is 2.32 bits per heavy atom. The first-order valence-corrected chi connectivity index (χ1v) is 21.4. The summed E-state index contributed by atoms with van der Waals surface area (Å²) in [6.07, 6.45) is 40.5. The van der Waals surface area contributed by atoms with Crippen LogP contribution in [-0.2, 0) is 6.42 Å². The van der Waals surface area contributed by atoms with Crippen LogP contribution in [0.4, 0.5) is 5.69 Å². The summed E-state index contributed by atoms with van der Waals surface area (Å²) in [5, 5.41) is 3.64. The van der Waals surface area contributed by atoms with E-state index in [1.807, 2.05) is 61.7 Å². The number of rotatable bonds is 10. The second-order valence-electron chi connectivity index (χ2n) is 15.4. The highest BCUT2D eigenvalue weighted by Crippen LogP contribution is 2.40. The van der Waals surface area contributed by atoms with Gasteiger partial charge in [0, 0.05) is 23.0 Å². The molecule has 1 heteroatoms. The van der Waals surface area contributed by atoms with Gasteiger partial charge in [-0.05, 0) is 150 Å². The fourth-order valence-electron chi connectivity index (χ4n) is 7.83. The van der Waals surface area contributed by atoms with E-state index in [1.165, 1.54) is 44.5 Å². The molecule has 1 heterocycles. The van der Waals surface area contributed by atoms with Crippen molar-refractivity contribution in [3.05, 3.63) is 263 Å². The molecule has 1 N–H and O–H groups in total. The van der Waals surface area contributed by atoms with Crippen molar-refractivity contribution in [3.8, 4) is 23.5 Å². The Morgan fingerprint density at radius 1 is 0.823 bits per heavy atom. The lowest BCUT2D eigenvalue weighted by Crippen LogP contribution is -1.99. The van der Waals surface area contributed by atoms with Crippen molar-refractivity contribution in [2.45, 2.75) is 47.0 Å². The molecule has 0 saturated carbocycles. The average molecular weight is 804 g/mol. The summed E-state index contributed by atoms with van der Waals surface area (Å²) in [5.41, 5.74) is 19.7. The van der Waals surface area contributed by atoms with Crippen molar-refractivity contribution in [1.29, 1.82) is 0 Å². The molecular weight excluding hydrogens is 747 g/mol. The summed E-state index contributed by atoms with van der Waals surface area (Å²) in [7, 11) is 0. The quantitative estimate of drug-likeness (QED) is 0.110. The first kappa shape index (κ1) is 44.2. The molecule has 306 valence electrons. The van der Waals surface area contributed by atoms with Crippen molar-refractivity contribution in [3.63, 3.8) is 0 Å². The highest BCUT2D eigenvalue weighted by atomic mass is 14.8. The third-order valence-electron chi connectivity index (χ3n) is 11.1. The molecule has 7 rings (SSSR count). The second kappa shape index (κ2) is 22.3. The van der Waals surface area contributed by atoms with Crippen molar-refractivity contribution >= 4 is 34.1 Å². The van der Waals surface area contributed by atoms with Crippen LogP contribution in [0.1, 0.15) is 76.8 Å². The maximum atomic E-state index is 5.64. The highest BCUT2D eigenvalue weighted by Gasteiger charge is 2.17. The van der Waals surface area contributed by atoms with Crippen LogP contribution < -0.4 is 5.32 Å². The molecule has 62 heavy (non-hydrogen) atoms.